The molecule has 1 aliphatic rings. The third-order valence-corrected chi connectivity index (χ3v) is 6.74. The van der Waals surface area contributed by atoms with Crippen molar-refractivity contribution in [2.24, 2.45) is 5.92 Å². The van der Waals surface area contributed by atoms with E-state index < -0.39 is 5.41 Å². The third-order valence-electron chi connectivity index (χ3n) is 6.74. The summed E-state index contributed by atoms with van der Waals surface area (Å²) in [5.74, 6) is 9.34. The van der Waals surface area contributed by atoms with Crippen molar-refractivity contribution in [1.29, 1.82) is 5.26 Å². The Bertz CT molecular complexity index is 1090. The van der Waals surface area contributed by atoms with Gasteiger partial charge in [-0.15, -0.1) is 0 Å². The second-order valence-corrected chi connectivity index (χ2v) is 8.90. The zero-order valence-corrected chi connectivity index (χ0v) is 21.2. The molecule has 0 fully saturated rings. The van der Waals surface area contributed by atoms with E-state index in [1.165, 1.54) is 11.1 Å². The lowest BCUT2D eigenvalue weighted by Gasteiger charge is -2.27. The van der Waals surface area contributed by atoms with Crippen LogP contribution in [0.3, 0.4) is 0 Å². The molecule has 6 nitrogen and oxygen atoms in total. The highest BCUT2D eigenvalue weighted by Crippen LogP contribution is 2.38. The number of hydrogen-bond donors (Lipinski definition) is 0. The summed E-state index contributed by atoms with van der Waals surface area (Å²) in [5, 5.41) is 10.2. The molecule has 3 rings (SSSR count). The molecule has 0 N–H and O–H groups in total. The van der Waals surface area contributed by atoms with Gasteiger partial charge in [0.15, 0.2) is 23.0 Å². The van der Waals surface area contributed by atoms with Crippen LogP contribution in [0.5, 0.6) is 23.0 Å². The number of hydrogen-bond acceptors (Lipinski definition) is 6. The highest BCUT2D eigenvalue weighted by molar-refractivity contribution is 5.52. The lowest BCUT2D eigenvalue weighted by atomic mass is 9.73. The Morgan fingerprint density at radius 1 is 0.912 bits per heavy atom. The molecule has 1 aliphatic carbocycles. The van der Waals surface area contributed by atoms with Gasteiger partial charge in [0.05, 0.1) is 41.1 Å². The van der Waals surface area contributed by atoms with Gasteiger partial charge in [0.25, 0.3) is 0 Å². The maximum Gasteiger partial charge on any atom is 0.161 e. The number of fused-ring (bicyclic) bond motifs is 1. The first-order chi connectivity index (χ1) is 16.3. The van der Waals surface area contributed by atoms with Crippen molar-refractivity contribution < 1.29 is 18.9 Å². The predicted molar refractivity (Wildman–Crippen MR) is 133 cm³/mol. The maximum atomic E-state index is 10.2. The highest BCUT2D eigenvalue weighted by atomic mass is 16.5. The van der Waals surface area contributed by atoms with Crippen LogP contribution in [0, 0.1) is 29.1 Å². The molecule has 1 unspecified atom stereocenters. The lowest BCUT2D eigenvalue weighted by molar-refractivity contribution is 0.278. The van der Waals surface area contributed by atoms with Crippen molar-refractivity contribution >= 4 is 0 Å². The number of nitriles is 1. The van der Waals surface area contributed by atoms with Crippen molar-refractivity contribution in [3.8, 4) is 40.9 Å². The second-order valence-electron chi connectivity index (χ2n) is 8.90. The first-order valence-corrected chi connectivity index (χ1v) is 11.4. The summed E-state index contributed by atoms with van der Waals surface area (Å²) >= 11 is 0. The van der Waals surface area contributed by atoms with Gasteiger partial charge in [-0.3, -0.25) is 4.90 Å². The van der Waals surface area contributed by atoms with E-state index in [4.69, 9.17) is 18.9 Å². The van der Waals surface area contributed by atoms with Gasteiger partial charge >= 0.3 is 0 Å². The molecule has 0 spiro atoms. The molecule has 0 radical (unpaired) electrons. The average Bonchev–Trinajstić information content (AvgIpc) is 3.28. The van der Waals surface area contributed by atoms with Gasteiger partial charge < -0.3 is 18.9 Å². The van der Waals surface area contributed by atoms with Crippen molar-refractivity contribution in [3.05, 3.63) is 47.0 Å². The summed E-state index contributed by atoms with van der Waals surface area (Å²) in [5.41, 5.74) is 2.42. The highest BCUT2D eigenvalue weighted by Gasteiger charge is 2.35. The monoisotopic (exact) mass is 462 g/mol. The fraction of sp³-hybridized carbons (Fsp3) is 0.464. The van der Waals surface area contributed by atoms with Crippen molar-refractivity contribution in [2.45, 2.75) is 38.1 Å². The number of nitrogens with zero attached hydrogens (tertiary/aromatic N) is 2. The molecule has 0 aromatic heterocycles. The van der Waals surface area contributed by atoms with Crippen molar-refractivity contribution in [1.82, 2.24) is 4.90 Å². The minimum absolute atomic E-state index is 0.0101. The molecular formula is C28H34N2O4. The van der Waals surface area contributed by atoms with Gasteiger partial charge in [0.1, 0.15) is 5.41 Å². The normalized spacial score (nSPS) is 14.6. The summed E-state index contributed by atoms with van der Waals surface area (Å²) < 4.78 is 21.7. The van der Waals surface area contributed by atoms with E-state index in [-0.39, 0.29) is 5.92 Å². The quantitative estimate of drug-likeness (QED) is 0.547. The summed E-state index contributed by atoms with van der Waals surface area (Å²) in [6, 6.07) is 12.5. The van der Waals surface area contributed by atoms with Crippen LogP contribution < -0.4 is 18.9 Å². The Labute approximate surface area is 203 Å². The Morgan fingerprint density at radius 3 is 1.91 bits per heavy atom. The Morgan fingerprint density at radius 2 is 1.44 bits per heavy atom. The maximum absolute atomic E-state index is 10.2. The molecule has 6 heteroatoms. The van der Waals surface area contributed by atoms with E-state index in [0.29, 0.717) is 24.1 Å². The Balaban J connectivity index is 1.81. The summed E-state index contributed by atoms with van der Waals surface area (Å²) in [6.45, 7) is 4.61. The molecule has 180 valence electrons. The van der Waals surface area contributed by atoms with E-state index in [9.17, 15) is 5.26 Å². The summed E-state index contributed by atoms with van der Waals surface area (Å²) in [7, 11) is 8.59. The molecule has 0 saturated heterocycles. The number of likely N-dealkylation sites (N-methyl/N-ethyl adjacent to an activating group) is 1. The first-order valence-electron chi connectivity index (χ1n) is 11.4. The zero-order valence-electron chi connectivity index (χ0n) is 21.2. The van der Waals surface area contributed by atoms with Gasteiger partial charge in [-0.05, 0) is 66.8 Å². The molecule has 0 heterocycles. The SMILES string of the molecule is COc1ccc(C(C#N)(C#CCN(C)C2Cc3cc(OC)c(OC)cc3C2)C(C)C)cc1OC. The van der Waals surface area contributed by atoms with E-state index >= 15 is 0 Å². The third kappa shape index (κ3) is 4.79. The van der Waals surface area contributed by atoms with Gasteiger partial charge in [-0.1, -0.05) is 31.8 Å². The van der Waals surface area contributed by atoms with E-state index in [1.54, 1.807) is 28.4 Å². The molecule has 0 aliphatic heterocycles. The molecule has 0 amide bonds. The first kappa shape index (κ1) is 25.3. The molecule has 0 bridgehead atoms. The molecular weight excluding hydrogens is 428 g/mol. The van der Waals surface area contributed by atoms with Crippen LogP contribution in [0.25, 0.3) is 0 Å². The van der Waals surface area contributed by atoms with Crippen LogP contribution in [0.2, 0.25) is 0 Å². The Kier molecular flexibility index (Phi) is 7.97. The predicted octanol–water partition coefficient (Wildman–Crippen LogP) is 4.24. The van der Waals surface area contributed by atoms with Crippen molar-refractivity contribution in [3.63, 3.8) is 0 Å². The topological polar surface area (TPSA) is 64.0 Å². The number of methoxy groups -OCH3 is 4. The van der Waals surface area contributed by atoms with Gasteiger partial charge in [-0.2, -0.15) is 5.26 Å². The fourth-order valence-corrected chi connectivity index (χ4v) is 4.52. The van der Waals surface area contributed by atoms with Crippen LogP contribution in [-0.2, 0) is 18.3 Å². The largest absolute Gasteiger partial charge is 0.493 e. The van der Waals surface area contributed by atoms with Gasteiger partial charge in [0.2, 0.25) is 0 Å². The molecule has 34 heavy (non-hydrogen) atoms. The van der Waals surface area contributed by atoms with Crippen LogP contribution in [0.4, 0.5) is 0 Å². The van der Waals surface area contributed by atoms with E-state index in [2.05, 4.69) is 42.0 Å². The van der Waals surface area contributed by atoms with E-state index in [1.807, 2.05) is 32.0 Å². The van der Waals surface area contributed by atoms with Gasteiger partial charge in [-0.25, -0.2) is 0 Å². The Hall–Kier alpha value is -3.35. The minimum atomic E-state index is -0.945. The average molecular weight is 463 g/mol. The molecule has 0 saturated carbocycles. The number of rotatable bonds is 8. The smallest absolute Gasteiger partial charge is 0.161 e. The summed E-state index contributed by atoms with van der Waals surface area (Å²) in [4.78, 5) is 2.25. The zero-order chi connectivity index (χ0) is 24.9. The second kappa shape index (κ2) is 10.7. The molecule has 2 aromatic rings. The summed E-state index contributed by atoms with van der Waals surface area (Å²) in [6.07, 6.45) is 1.86. The van der Waals surface area contributed by atoms with Gasteiger partial charge in [0, 0.05) is 6.04 Å². The van der Waals surface area contributed by atoms with Crippen LogP contribution in [0.1, 0.15) is 30.5 Å². The van der Waals surface area contributed by atoms with Crippen LogP contribution in [-0.4, -0.2) is 53.0 Å². The van der Waals surface area contributed by atoms with E-state index in [0.717, 1.165) is 29.9 Å². The lowest BCUT2D eigenvalue weighted by Crippen LogP contribution is -2.33. The molecule has 2 aromatic carbocycles. The van der Waals surface area contributed by atoms with Crippen LogP contribution in [0.15, 0.2) is 30.3 Å². The molecule has 1 atom stereocenters. The number of ether oxygens (including phenoxy) is 4. The van der Waals surface area contributed by atoms with Crippen molar-refractivity contribution in [2.75, 3.05) is 42.0 Å². The number of benzene rings is 2. The minimum Gasteiger partial charge on any atom is -0.493 e. The fourth-order valence-electron chi connectivity index (χ4n) is 4.52. The standard InChI is InChI=1S/C28H34N2O4/c1-19(2)28(18-29,22-9-10-24(31-4)27(17-22)34-7)11-8-12-30(3)23-13-20-15-25(32-5)26(33-6)16-21(20)14-23/h9-10,15-17,19,23H,12-14H2,1-7H3. The van der Waals surface area contributed by atoms with Crippen LogP contribution >= 0.6 is 0 Å².